The van der Waals surface area contributed by atoms with Crippen LogP contribution in [-0.2, 0) is 0 Å². The van der Waals surface area contributed by atoms with E-state index in [-0.39, 0.29) is 0 Å². The second-order valence-corrected chi connectivity index (χ2v) is 4.21. The van der Waals surface area contributed by atoms with Gasteiger partial charge in [-0.3, -0.25) is 0 Å². The van der Waals surface area contributed by atoms with Crippen molar-refractivity contribution in [1.82, 2.24) is 0 Å². The van der Waals surface area contributed by atoms with Gasteiger partial charge in [0.1, 0.15) is 0 Å². The predicted molar refractivity (Wildman–Crippen MR) is 48.3 cm³/mol. The van der Waals surface area contributed by atoms with E-state index in [1.807, 2.05) is 11.8 Å². The molecule has 1 rings (SSSR count). The maximum absolute atomic E-state index is 5.79. The molecule has 0 amide bonds. The van der Waals surface area contributed by atoms with Gasteiger partial charge in [-0.05, 0) is 43.6 Å². The minimum atomic E-state index is 0.520. The van der Waals surface area contributed by atoms with Crippen LogP contribution in [0.4, 0.5) is 0 Å². The zero-order chi connectivity index (χ0) is 7.40. The van der Waals surface area contributed by atoms with E-state index in [9.17, 15) is 0 Å². The molecule has 1 aliphatic rings. The Morgan fingerprint density at radius 3 is 2.80 bits per heavy atom. The third-order valence-corrected chi connectivity index (χ3v) is 2.96. The molecular weight excluding hydrogens is 142 g/mol. The summed E-state index contributed by atoms with van der Waals surface area (Å²) in [5.41, 5.74) is 5.79. The van der Waals surface area contributed by atoms with Crippen LogP contribution in [0.3, 0.4) is 0 Å². The minimum absolute atomic E-state index is 0.520. The second-order valence-electron chi connectivity index (χ2n) is 3.22. The fraction of sp³-hybridized carbons (Fsp3) is 1.00. The molecular formula is C8H17NS. The van der Waals surface area contributed by atoms with Gasteiger partial charge in [0.05, 0.1) is 0 Å². The van der Waals surface area contributed by atoms with E-state index in [4.69, 9.17) is 5.73 Å². The third kappa shape index (κ3) is 2.51. The Labute approximate surface area is 67.8 Å². The first-order valence-electron chi connectivity index (χ1n) is 4.07. The van der Waals surface area contributed by atoms with Crippen molar-refractivity contribution in [2.75, 3.05) is 12.0 Å². The van der Waals surface area contributed by atoms with Crippen molar-refractivity contribution < 1.29 is 0 Å². The molecule has 2 atom stereocenters. The molecule has 1 nitrogen and oxygen atoms in total. The summed E-state index contributed by atoms with van der Waals surface area (Å²) in [4.78, 5) is 0. The summed E-state index contributed by atoms with van der Waals surface area (Å²) < 4.78 is 0. The Morgan fingerprint density at radius 1 is 1.50 bits per heavy atom. The van der Waals surface area contributed by atoms with E-state index in [0.717, 1.165) is 5.92 Å². The van der Waals surface area contributed by atoms with Gasteiger partial charge in [0.15, 0.2) is 0 Å². The summed E-state index contributed by atoms with van der Waals surface area (Å²) in [6, 6.07) is 0.520. The fourth-order valence-corrected chi connectivity index (χ4v) is 2.23. The molecule has 1 saturated carbocycles. The lowest BCUT2D eigenvalue weighted by Gasteiger charge is -2.06. The topological polar surface area (TPSA) is 26.0 Å². The van der Waals surface area contributed by atoms with Gasteiger partial charge in [0.25, 0.3) is 0 Å². The summed E-state index contributed by atoms with van der Waals surface area (Å²) in [6.45, 7) is 0. The lowest BCUT2D eigenvalue weighted by atomic mass is 10.1. The summed E-state index contributed by atoms with van der Waals surface area (Å²) in [5, 5.41) is 0. The SMILES string of the molecule is CSCCC1CCC(N)C1. The first-order chi connectivity index (χ1) is 4.83. The first-order valence-corrected chi connectivity index (χ1v) is 5.47. The molecule has 1 aliphatic carbocycles. The monoisotopic (exact) mass is 159 g/mol. The van der Waals surface area contributed by atoms with Crippen LogP contribution in [-0.4, -0.2) is 18.1 Å². The molecule has 10 heavy (non-hydrogen) atoms. The smallest absolute Gasteiger partial charge is 0.00415 e. The van der Waals surface area contributed by atoms with Crippen LogP contribution in [0.5, 0.6) is 0 Å². The molecule has 0 aromatic carbocycles. The van der Waals surface area contributed by atoms with Gasteiger partial charge in [-0.2, -0.15) is 11.8 Å². The Bertz CT molecular complexity index is 95.3. The summed E-state index contributed by atoms with van der Waals surface area (Å²) in [5.74, 6) is 2.26. The number of rotatable bonds is 3. The van der Waals surface area contributed by atoms with Crippen molar-refractivity contribution in [3.63, 3.8) is 0 Å². The Balaban J connectivity index is 2.06. The van der Waals surface area contributed by atoms with E-state index in [0.29, 0.717) is 6.04 Å². The van der Waals surface area contributed by atoms with Crippen LogP contribution in [0.1, 0.15) is 25.7 Å². The van der Waals surface area contributed by atoms with Crippen molar-refractivity contribution in [3.05, 3.63) is 0 Å². The van der Waals surface area contributed by atoms with Crippen molar-refractivity contribution in [1.29, 1.82) is 0 Å². The molecule has 0 radical (unpaired) electrons. The molecule has 0 aromatic heterocycles. The molecule has 0 heterocycles. The lowest BCUT2D eigenvalue weighted by Crippen LogP contribution is -2.14. The average molecular weight is 159 g/mol. The Kier molecular flexibility index (Phi) is 3.57. The second kappa shape index (κ2) is 4.24. The predicted octanol–water partition coefficient (Wildman–Crippen LogP) is 1.87. The van der Waals surface area contributed by atoms with Crippen LogP contribution in [0.25, 0.3) is 0 Å². The molecule has 0 saturated heterocycles. The first kappa shape index (κ1) is 8.41. The third-order valence-electron chi connectivity index (χ3n) is 2.31. The van der Waals surface area contributed by atoms with Crippen LogP contribution in [0.2, 0.25) is 0 Å². The molecule has 0 spiro atoms. The highest BCUT2D eigenvalue weighted by molar-refractivity contribution is 7.98. The maximum Gasteiger partial charge on any atom is 0.00415 e. The molecule has 0 aromatic rings. The van der Waals surface area contributed by atoms with Crippen LogP contribution in [0, 0.1) is 5.92 Å². The van der Waals surface area contributed by atoms with Gasteiger partial charge in [0, 0.05) is 6.04 Å². The number of hydrogen-bond acceptors (Lipinski definition) is 2. The van der Waals surface area contributed by atoms with Gasteiger partial charge in [-0.1, -0.05) is 0 Å². The standard InChI is InChI=1S/C8H17NS/c1-10-5-4-7-2-3-8(9)6-7/h7-8H,2-6,9H2,1H3. The highest BCUT2D eigenvalue weighted by atomic mass is 32.2. The normalized spacial score (nSPS) is 33.0. The average Bonchev–Trinajstić information content (AvgIpc) is 2.31. The number of hydrogen-bond donors (Lipinski definition) is 1. The van der Waals surface area contributed by atoms with E-state index in [1.165, 1.54) is 31.4 Å². The Hall–Kier alpha value is 0.310. The molecule has 2 N–H and O–H groups in total. The highest BCUT2D eigenvalue weighted by Gasteiger charge is 2.20. The zero-order valence-electron chi connectivity index (χ0n) is 6.68. The van der Waals surface area contributed by atoms with Crippen molar-refractivity contribution in [2.24, 2.45) is 11.7 Å². The molecule has 2 unspecified atom stereocenters. The van der Waals surface area contributed by atoms with E-state index in [1.54, 1.807) is 0 Å². The van der Waals surface area contributed by atoms with Crippen molar-refractivity contribution >= 4 is 11.8 Å². The van der Waals surface area contributed by atoms with Crippen molar-refractivity contribution in [2.45, 2.75) is 31.7 Å². The minimum Gasteiger partial charge on any atom is -0.328 e. The molecule has 0 aliphatic heterocycles. The largest absolute Gasteiger partial charge is 0.328 e. The number of thioether (sulfide) groups is 1. The van der Waals surface area contributed by atoms with Crippen LogP contribution in [0.15, 0.2) is 0 Å². The van der Waals surface area contributed by atoms with Gasteiger partial charge in [0.2, 0.25) is 0 Å². The summed E-state index contributed by atoms with van der Waals surface area (Å²) >= 11 is 1.95. The van der Waals surface area contributed by atoms with E-state index in [2.05, 4.69) is 6.26 Å². The molecule has 2 heteroatoms. The summed E-state index contributed by atoms with van der Waals surface area (Å²) in [6.07, 6.45) is 7.48. The molecule has 1 fully saturated rings. The van der Waals surface area contributed by atoms with Gasteiger partial charge in [-0.25, -0.2) is 0 Å². The molecule has 0 bridgehead atoms. The Morgan fingerprint density at radius 2 is 2.30 bits per heavy atom. The van der Waals surface area contributed by atoms with Gasteiger partial charge in [-0.15, -0.1) is 0 Å². The van der Waals surface area contributed by atoms with Gasteiger partial charge >= 0.3 is 0 Å². The molecule has 60 valence electrons. The van der Waals surface area contributed by atoms with Crippen LogP contribution >= 0.6 is 11.8 Å². The van der Waals surface area contributed by atoms with Gasteiger partial charge < -0.3 is 5.73 Å². The van der Waals surface area contributed by atoms with E-state index >= 15 is 0 Å². The maximum atomic E-state index is 5.79. The van der Waals surface area contributed by atoms with Crippen LogP contribution < -0.4 is 5.73 Å². The highest BCUT2D eigenvalue weighted by Crippen LogP contribution is 2.27. The van der Waals surface area contributed by atoms with E-state index < -0.39 is 0 Å². The summed E-state index contributed by atoms with van der Waals surface area (Å²) in [7, 11) is 0. The lowest BCUT2D eigenvalue weighted by molar-refractivity contribution is 0.524. The van der Waals surface area contributed by atoms with Crippen molar-refractivity contribution in [3.8, 4) is 0 Å². The quantitative estimate of drug-likeness (QED) is 0.680. The fourth-order valence-electron chi connectivity index (χ4n) is 1.66. The number of nitrogens with two attached hydrogens (primary N) is 1. The zero-order valence-corrected chi connectivity index (χ0v) is 7.49.